The predicted octanol–water partition coefficient (Wildman–Crippen LogP) is 3.72. The first-order valence-electron chi connectivity index (χ1n) is 8.58. The second-order valence-corrected chi connectivity index (χ2v) is 6.35. The van der Waals surface area contributed by atoms with Crippen LogP contribution in [0.25, 0.3) is 11.1 Å². The number of hydrogen-bond donors (Lipinski definition) is 1. The van der Waals surface area contributed by atoms with E-state index in [1.54, 1.807) is 36.4 Å². The second kappa shape index (κ2) is 7.05. The van der Waals surface area contributed by atoms with Crippen LogP contribution in [0.3, 0.4) is 0 Å². The number of nitrogens with zero attached hydrogens (tertiary/aromatic N) is 1. The summed E-state index contributed by atoms with van der Waals surface area (Å²) in [6.07, 6.45) is 0.117. The fraction of sp³-hybridized carbons (Fsp3) is 0.0909. The van der Waals surface area contributed by atoms with Crippen molar-refractivity contribution in [3.05, 3.63) is 89.5 Å². The van der Waals surface area contributed by atoms with Crippen LogP contribution in [0.2, 0.25) is 0 Å². The Labute approximate surface area is 156 Å². The smallest absolute Gasteiger partial charge is 0.285 e. The first kappa shape index (κ1) is 17.0. The minimum absolute atomic E-state index is 0.117. The highest BCUT2D eigenvalue weighted by Crippen LogP contribution is 2.28. The van der Waals surface area contributed by atoms with E-state index in [0.717, 1.165) is 21.8 Å². The van der Waals surface area contributed by atoms with Crippen LogP contribution < -0.4 is 0 Å². The van der Waals surface area contributed by atoms with Gasteiger partial charge in [-0.25, -0.2) is 0 Å². The van der Waals surface area contributed by atoms with Gasteiger partial charge in [-0.1, -0.05) is 54.6 Å². The molecule has 0 aromatic heterocycles. The maximum absolute atomic E-state index is 12.8. The van der Waals surface area contributed by atoms with E-state index in [9.17, 15) is 14.7 Å². The third kappa shape index (κ3) is 3.45. The Hall–Kier alpha value is -3.44. The quantitative estimate of drug-likeness (QED) is 0.721. The lowest BCUT2D eigenvalue weighted by atomic mass is 9.94. The van der Waals surface area contributed by atoms with E-state index in [1.807, 2.05) is 36.4 Å². The minimum atomic E-state index is -0.460. The third-order valence-electron chi connectivity index (χ3n) is 4.50. The Kier molecular flexibility index (Phi) is 4.44. The van der Waals surface area contributed by atoms with Crippen molar-refractivity contribution in [3.63, 3.8) is 0 Å². The molecule has 5 nitrogen and oxygen atoms in total. The number of hydrogen-bond acceptors (Lipinski definition) is 4. The van der Waals surface area contributed by atoms with Gasteiger partial charge < -0.3 is 5.11 Å². The summed E-state index contributed by atoms with van der Waals surface area (Å²) < 4.78 is 0. The molecule has 0 aliphatic carbocycles. The Morgan fingerprint density at radius 2 is 1.59 bits per heavy atom. The van der Waals surface area contributed by atoms with Gasteiger partial charge in [0.25, 0.3) is 11.8 Å². The van der Waals surface area contributed by atoms with Gasteiger partial charge in [0.2, 0.25) is 0 Å². The lowest BCUT2D eigenvalue weighted by Gasteiger charge is -2.26. The summed E-state index contributed by atoms with van der Waals surface area (Å²) in [4.78, 5) is 30.7. The summed E-state index contributed by atoms with van der Waals surface area (Å²) >= 11 is 0. The first-order valence-corrected chi connectivity index (χ1v) is 8.58. The number of hydroxylamine groups is 2. The molecule has 1 aliphatic rings. The van der Waals surface area contributed by atoms with Crippen molar-refractivity contribution < 1.29 is 19.5 Å². The Bertz CT molecular complexity index is 997. The van der Waals surface area contributed by atoms with Crippen LogP contribution in [-0.2, 0) is 22.7 Å². The largest absolute Gasteiger partial charge is 0.508 e. The second-order valence-electron chi connectivity index (χ2n) is 6.35. The Balaban J connectivity index is 1.60. The molecule has 0 radical (unpaired) electrons. The number of phenols is 1. The molecule has 0 fully saturated rings. The molecule has 5 heteroatoms. The molecule has 0 atom stereocenters. The average molecular weight is 359 g/mol. The van der Waals surface area contributed by atoms with Crippen LogP contribution in [0.1, 0.15) is 21.5 Å². The topological polar surface area (TPSA) is 66.8 Å². The summed E-state index contributed by atoms with van der Waals surface area (Å²) in [6.45, 7) is 0.144. The normalized spacial score (nSPS) is 13.6. The van der Waals surface area contributed by atoms with Gasteiger partial charge in [-0.15, -0.1) is 5.06 Å². The van der Waals surface area contributed by atoms with Crippen molar-refractivity contribution in [3.8, 4) is 16.9 Å². The van der Waals surface area contributed by atoms with Crippen LogP contribution in [0.15, 0.2) is 72.8 Å². The fourth-order valence-corrected chi connectivity index (χ4v) is 3.06. The molecule has 1 aliphatic heterocycles. The van der Waals surface area contributed by atoms with Crippen LogP contribution in [0, 0.1) is 0 Å². The number of carbonyl (C=O) groups excluding carboxylic acids is 2. The molecule has 3 aromatic carbocycles. The van der Waals surface area contributed by atoms with Crippen LogP contribution in [0.4, 0.5) is 0 Å². The lowest BCUT2D eigenvalue weighted by Crippen LogP contribution is -2.42. The Morgan fingerprint density at radius 1 is 0.889 bits per heavy atom. The van der Waals surface area contributed by atoms with Gasteiger partial charge in [-0.05, 0) is 40.5 Å². The van der Waals surface area contributed by atoms with E-state index in [4.69, 9.17) is 4.84 Å². The number of fused-ring (bicyclic) bond motifs is 1. The van der Waals surface area contributed by atoms with Crippen LogP contribution in [0.5, 0.6) is 5.75 Å². The van der Waals surface area contributed by atoms with E-state index in [-0.39, 0.29) is 24.7 Å². The standard InChI is InChI=1S/C22H17NO4/c24-19-10-8-16(9-11-19)17-6-7-18-13-21(25)23(22(26)20(18)12-17)27-14-15-4-2-1-3-5-15/h1-12,24H,13-14H2. The number of amides is 2. The first-order chi connectivity index (χ1) is 13.1. The fourth-order valence-electron chi connectivity index (χ4n) is 3.06. The molecule has 3 aromatic rings. The van der Waals surface area contributed by atoms with E-state index in [2.05, 4.69) is 0 Å². The predicted molar refractivity (Wildman–Crippen MR) is 99.7 cm³/mol. The molecule has 134 valence electrons. The molecule has 1 heterocycles. The van der Waals surface area contributed by atoms with E-state index >= 15 is 0 Å². The van der Waals surface area contributed by atoms with E-state index < -0.39 is 5.91 Å². The van der Waals surface area contributed by atoms with Gasteiger partial charge in [0.1, 0.15) is 12.4 Å². The van der Waals surface area contributed by atoms with Gasteiger partial charge in [-0.3, -0.25) is 14.4 Å². The number of imide groups is 1. The molecule has 1 N–H and O–H groups in total. The molecule has 27 heavy (non-hydrogen) atoms. The summed E-state index contributed by atoms with van der Waals surface area (Å²) in [6, 6.07) is 21.5. The van der Waals surface area contributed by atoms with Crippen LogP contribution in [-0.4, -0.2) is 22.0 Å². The van der Waals surface area contributed by atoms with E-state index in [0.29, 0.717) is 11.1 Å². The van der Waals surface area contributed by atoms with E-state index in [1.165, 1.54) is 0 Å². The molecule has 4 rings (SSSR count). The highest BCUT2D eigenvalue weighted by molar-refractivity contribution is 6.09. The lowest BCUT2D eigenvalue weighted by molar-refractivity contribution is -0.174. The number of rotatable bonds is 4. The average Bonchev–Trinajstić information content (AvgIpc) is 2.69. The molecule has 0 bridgehead atoms. The van der Waals surface area contributed by atoms with Crippen molar-refractivity contribution in [2.75, 3.05) is 0 Å². The highest BCUT2D eigenvalue weighted by atomic mass is 16.7. The molecule has 0 saturated carbocycles. The number of carbonyl (C=O) groups is 2. The monoisotopic (exact) mass is 359 g/mol. The van der Waals surface area contributed by atoms with Crippen molar-refractivity contribution in [2.24, 2.45) is 0 Å². The van der Waals surface area contributed by atoms with Gasteiger partial charge in [0, 0.05) is 5.56 Å². The molecule has 2 amide bonds. The SMILES string of the molecule is O=C1Cc2ccc(-c3ccc(O)cc3)cc2C(=O)N1OCc1ccccc1. The van der Waals surface area contributed by atoms with Gasteiger partial charge in [0.05, 0.1) is 6.42 Å². The maximum Gasteiger partial charge on any atom is 0.285 e. The minimum Gasteiger partial charge on any atom is -0.508 e. The molecule has 0 unspecified atom stereocenters. The highest BCUT2D eigenvalue weighted by Gasteiger charge is 2.32. The third-order valence-corrected chi connectivity index (χ3v) is 4.50. The summed E-state index contributed by atoms with van der Waals surface area (Å²) in [7, 11) is 0. The zero-order chi connectivity index (χ0) is 18.8. The van der Waals surface area contributed by atoms with Gasteiger partial charge in [-0.2, -0.15) is 0 Å². The zero-order valence-corrected chi connectivity index (χ0v) is 14.5. The van der Waals surface area contributed by atoms with Gasteiger partial charge in [0.15, 0.2) is 0 Å². The number of phenolic OH excluding ortho intramolecular Hbond substituents is 1. The zero-order valence-electron chi connectivity index (χ0n) is 14.5. The summed E-state index contributed by atoms with van der Waals surface area (Å²) in [5.74, 6) is -0.655. The number of benzene rings is 3. The Morgan fingerprint density at radius 3 is 2.33 bits per heavy atom. The molecule has 0 spiro atoms. The molecular formula is C22H17NO4. The van der Waals surface area contributed by atoms with Crippen LogP contribution >= 0.6 is 0 Å². The summed E-state index contributed by atoms with van der Waals surface area (Å²) in [5.41, 5.74) is 3.72. The molecule has 0 saturated heterocycles. The number of aromatic hydroxyl groups is 1. The van der Waals surface area contributed by atoms with Crippen molar-refractivity contribution >= 4 is 11.8 Å². The summed E-state index contributed by atoms with van der Waals surface area (Å²) in [5, 5.41) is 10.3. The van der Waals surface area contributed by atoms with Crippen molar-refractivity contribution in [1.29, 1.82) is 0 Å². The van der Waals surface area contributed by atoms with Crippen molar-refractivity contribution in [2.45, 2.75) is 13.0 Å². The van der Waals surface area contributed by atoms with Gasteiger partial charge >= 0.3 is 0 Å². The molecular weight excluding hydrogens is 342 g/mol. The van der Waals surface area contributed by atoms with Crippen molar-refractivity contribution in [1.82, 2.24) is 5.06 Å². The maximum atomic E-state index is 12.8.